The van der Waals surface area contributed by atoms with Gasteiger partial charge in [0.25, 0.3) is 10.0 Å². The van der Waals surface area contributed by atoms with Crippen molar-refractivity contribution >= 4 is 15.8 Å². The van der Waals surface area contributed by atoms with Crippen LogP contribution in [0.15, 0.2) is 59.6 Å². The van der Waals surface area contributed by atoms with Gasteiger partial charge in [-0.3, -0.25) is 9.40 Å². The van der Waals surface area contributed by atoms with Gasteiger partial charge in [-0.05, 0) is 50.3 Å². The maximum absolute atomic E-state index is 14.1. The summed E-state index contributed by atoms with van der Waals surface area (Å²) in [5.74, 6) is -0.179. The van der Waals surface area contributed by atoms with Crippen LogP contribution in [0.4, 0.5) is 10.2 Å². The third-order valence-corrected chi connectivity index (χ3v) is 5.66. The third kappa shape index (κ3) is 4.58. The second kappa shape index (κ2) is 8.12. The molecule has 8 heteroatoms. The molecule has 0 spiro atoms. The number of sulfonamides is 1. The SMILES string of the molecule is Cc1ccc(-c2cn(CCN(C)C)nc2NS(=O)(=O)c2ccccc2)cc1F. The Morgan fingerprint density at radius 1 is 1.14 bits per heavy atom. The minimum absolute atomic E-state index is 0.138. The minimum atomic E-state index is -3.81. The molecule has 1 aromatic heterocycles. The van der Waals surface area contributed by atoms with Gasteiger partial charge >= 0.3 is 0 Å². The van der Waals surface area contributed by atoms with E-state index in [9.17, 15) is 12.8 Å². The summed E-state index contributed by atoms with van der Waals surface area (Å²) in [6.45, 7) is 2.98. The number of anilines is 1. The smallest absolute Gasteiger partial charge is 0.263 e. The van der Waals surface area contributed by atoms with Crippen molar-refractivity contribution in [2.45, 2.75) is 18.4 Å². The van der Waals surface area contributed by atoms with Gasteiger partial charge < -0.3 is 4.90 Å². The highest BCUT2D eigenvalue weighted by atomic mass is 32.2. The summed E-state index contributed by atoms with van der Waals surface area (Å²) in [6.07, 6.45) is 1.73. The van der Waals surface area contributed by atoms with E-state index < -0.39 is 10.0 Å². The predicted octanol–water partition coefficient (Wildman–Crippen LogP) is 3.36. The summed E-state index contributed by atoms with van der Waals surface area (Å²) in [5.41, 5.74) is 1.61. The number of hydrogen-bond donors (Lipinski definition) is 1. The van der Waals surface area contributed by atoms with E-state index in [4.69, 9.17) is 0 Å². The van der Waals surface area contributed by atoms with Crippen LogP contribution in [0.1, 0.15) is 5.56 Å². The number of aromatic nitrogens is 2. The summed E-state index contributed by atoms with van der Waals surface area (Å²) >= 11 is 0. The number of likely N-dealkylation sites (N-methyl/N-ethyl adjacent to an activating group) is 1. The van der Waals surface area contributed by atoms with Crippen molar-refractivity contribution in [1.29, 1.82) is 0 Å². The number of rotatable bonds is 7. The second-order valence-electron chi connectivity index (χ2n) is 6.84. The fraction of sp³-hybridized carbons (Fsp3) is 0.250. The number of nitrogens with one attached hydrogen (secondary N) is 1. The number of hydrogen-bond acceptors (Lipinski definition) is 4. The Hall–Kier alpha value is -2.71. The number of benzene rings is 2. The average molecular weight is 402 g/mol. The average Bonchev–Trinajstić information content (AvgIpc) is 3.05. The van der Waals surface area contributed by atoms with Gasteiger partial charge in [0, 0.05) is 18.3 Å². The first-order chi connectivity index (χ1) is 13.3. The highest BCUT2D eigenvalue weighted by Crippen LogP contribution is 2.30. The van der Waals surface area contributed by atoms with E-state index in [0.717, 1.165) is 6.54 Å². The molecule has 0 bridgehead atoms. The molecular formula is C20H23FN4O2S. The van der Waals surface area contributed by atoms with E-state index in [1.165, 1.54) is 18.2 Å². The molecule has 3 aromatic rings. The van der Waals surface area contributed by atoms with Gasteiger partial charge in [-0.25, -0.2) is 12.8 Å². The Morgan fingerprint density at radius 2 is 1.86 bits per heavy atom. The molecule has 0 aliphatic heterocycles. The molecule has 0 aliphatic carbocycles. The molecule has 0 saturated heterocycles. The van der Waals surface area contributed by atoms with Crippen LogP contribution < -0.4 is 4.72 Å². The number of nitrogens with zero attached hydrogens (tertiary/aromatic N) is 3. The highest BCUT2D eigenvalue weighted by molar-refractivity contribution is 7.92. The predicted molar refractivity (Wildman–Crippen MR) is 108 cm³/mol. The summed E-state index contributed by atoms with van der Waals surface area (Å²) in [4.78, 5) is 2.14. The summed E-state index contributed by atoms with van der Waals surface area (Å²) in [7, 11) is 0.0764. The van der Waals surface area contributed by atoms with Crippen molar-refractivity contribution in [2.24, 2.45) is 0 Å². The Kier molecular flexibility index (Phi) is 5.81. The molecule has 0 radical (unpaired) electrons. The van der Waals surface area contributed by atoms with Crippen molar-refractivity contribution < 1.29 is 12.8 Å². The first-order valence-corrected chi connectivity index (χ1v) is 10.3. The van der Waals surface area contributed by atoms with E-state index >= 15 is 0 Å². The highest BCUT2D eigenvalue weighted by Gasteiger charge is 2.20. The molecule has 0 aliphatic rings. The van der Waals surface area contributed by atoms with E-state index in [1.54, 1.807) is 48.1 Å². The van der Waals surface area contributed by atoms with Crippen LogP contribution in [-0.4, -0.2) is 43.7 Å². The Bertz CT molecular complexity index is 1060. The molecule has 2 aromatic carbocycles. The van der Waals surface area contributed by atoms with Crippen LogP contribution in [0.5, 0.6) is 0 Å². The maximum Gasteiger partial charge on any atom is 0.263 e. The van der Waals surface area contributed by atoms with Crippen molar-refractivity contribution in [3.05, 3.63) is 66.1 Å². The molecular weight excluding hydrogens is 379 g/mol. The minimum Gasteiger partial charge on any atom is -0.308 e. The van der Waals surface area contributed by atoms with E-state index in [2.05, 4.69) is 9.82 Å². The lowest BCUT2D eigenvalue weighted by atomic mass is 10.1. The maximum atomic E-state index is 14.1. The first kappa shape index (κ1) is 20.0. The third-order valence-electron chi connectivity index (χ3n) is 4.31. The van der Waals surface area contributed by atoms with Crippen LogP contribution in [0.2, 0.25) is 0 Å². The monoisotopic (exact) mass is 402 g/mol. The molecule has 1 N–H and O–H groups in total. The fourth-order valence-electron chi connectivity index (χ4n) is 2.67. The van der Waals surface area contributed by atoms with Crippen LogP contribution in [0.25, 0.3) is 11.1 Å². The van der Waals surface area contributed by atoms with Gasteiger partial charge in [0.05, 0.1) is 11.4 Å². The van der Waals surface area contributed by atoms with Gasteiger partial charge in [0.15, 0.2) is 5.82 Å². The molecule has 6 nitrogen and oxygen atoms in total. The lowest BCUT2D eigenvalue weighted by Crippen LogP contribution is -2.19. The zero-order valence-electron chi connectivity index (χ0n) is 16.1. The van der Waals surface area contributed by atoms with Crippen molar-refractivity contribution in [3.63, 3.8) is 0 Å². The Balaban J connectivity index is 2.01. The van der Waals surface area contributed by atoms with Crippen molar-refractivity contribution in [3.8, 4) is 11.1 Å². The summed E-state index contributed by atoms with van der Waals surface area (Å²) in [6, 6.07) is 12.9. The first-order valence-electron chi connectivity index (χ1n) is 8.83. The number of aryl methyl sites for hydroxylation is 1. The van der Waals surface area contributed by atoms with Gasteiger partial charge in [-0.2, -0.15) is 5.10 Å². The molecule has 148 valence electrons. The van der Waals surface area contributed by atoms with Crippen LogP contribution >= 0.6 is 0 Å². The van der Waals surface area contributed by atoms with Crippen LogP contribution in [0.3, 0.4) is 0 Å². The van der Waals surface area contributed by atoms with Gasteiger partial charge in [0.2, 0.25) is 0 Å². The quantitative estimate of drug-likeness (QED) is 0.658. The lowest BCUT2D eigenvalue weighted by Gasteiger charge is -2.09. The van der Waals surface area contributed by atoms with E-state index in [1.807, 2.05) is 19.0 Å². The van der Waals surface area contributed by atoms with Gasteiger partial charge in [0.1, 0.15) is 5.82 Å². The summed E-state index contributed by atoms with van der Waals surface area (Å²) < 4.78 is 43.8. The van der Waals surface area contributed by atoms with E-state index in [-0.39, 0.29) is 16.5 Å². The molecule has 0 atom stereocenters. The van der Waals surface area contributed by atoms with Gasteiger partial charge in [-0.15, -0.1) is 0 Å². The Labute approximate surface area is 164 Å². The largest absolute Gasteiger partial charge is 0.308 e. The second-order valence-corrected chi connectivity index (χ2v) is 8.52. The normalized spacial score (nSPS) is 11.8. The fourth-order valence-corrected chi connectivity index (χ4v) is 3.71. The molecule has 1 heterocycles. The molecule has 0 unspecified atom stereocenters. The zero-order chi connectivity index (χ0) is 20.3. The van der Waals surface area contributed by atoms with Crippen molar-refractivity contribution in [2.75, 3.05) is 25.4 Å². The molecule has 0 saturated carbocycles. The molecule has 0 amide bonds. The molecule has 28 heavy (non-hydrogen) atoms. The number of halogens is 1. The topological polar surface area (TPSA) is 67.2 Å². The van der Waals surface area contributed by atoms with Crippen LogP contribution in [-0.2, 0) is 16.6 Å². The summed E-state index contributed by atoms with van der Waals surface area (Å²) in [5, 5.41) is 4.40. The Morgan fingerprint density at radius 3 is 2.50 bits per heavy atom. The standard InChI is InChI=1S/C20H23FN4O2S/c1-15-9-10-16(13-19(15)21)18-14-25(12-11-24(2)3)22-20(18)23-28(26,27)17-7-5-4-6-8-17/h4-10,13-14H,11-12H2,1-3H3,(H,22,23). The van der Waals surface area contributed by atoms with Crippen LogP contribution in [0, 0.1) is 12.7 Å². The van der Waals surface area contributed by atoms with E-state index in [0.29, 0.717) is 23.2 Å². The lowest BCUT2D eigenvalue weighted by molar-refractivity contribution is 0.373. The molecule has 0 fully saturated rings. The van der Waals surface area contributed by atoms with Gasteiger partial charge in [-0.1, -0.05) is 30.3 Å². The zero-order valence-corrected chi connectivity index (χ0v) is 16.9. The van der Waals surface area contributed by atoms with Crippen molar-refractivity contribution in [1.82, 2.24) is 14.7 Å². The molecule has 3 rings (SSSR count).